The normalized spacial score (nSPS) is 17.8. The molecule has 0 aliphatic heterocycles. The zero-order chi connectivity index (χ0) is 27.6. The molecule has 2 amide bonds. The molecule has 9 nitrogen and oxygen atoms in total. The van der Waals surface area contributed by atoms with Crippen molar-refractivity contribution >= 4 is 40.7 Å². The van der Waals surface area contributed by atoms with Crippen LogP contribution in [0, 0.1) is 11.8 Å². The topological polar surface area (TPSA) is 144 Å². The highest BCUT2D eigenvalue weighted by molar-refractivity contribution is 6.36. The van der Waals surface area contributed by atoms with E-state index in [4.69, 9.17) is 0 Å². The minimum absolute atomic E-state index is 0.00674. The van der Waals surface area contributed by atoms with Crippen molar-refractivity contribution in [2.24, 2.45) is 11.8 Å². The van der Waals surface area contributed by atoms with Gasteiger partial charge in [-0.1, -0.05) is 38.8 Å². The van der Waals surface area contributed by atoms with Crippen LogP contribution in [0.15, 0.2) is 36.4 Å². The summed E-state index contributed by atoms with van der Waals surface area (Å²) in [7, 11) is 0. The SMILES string of the molecule is CCCCNC(=O)C1C(=O)c2ccc(C(=O)c3ccc4c(c3)C(=O)C(C(=O)NCCCC)C4=O)cc2C1=O. The molecule has 0 radical (unpaired) electrons. The quantitative estimate of drug-likeness (QED) is 0.281. The highest BCUT2D eigenvalue weighted by atomic mass is 16.2. The molecule has 0 heterocycles. The number of fused-ring (bicyclic) bond motifs is 2. The molecule has 38 heavy (non-hydrogen) atoms. The Kier molecular flexibility index (Phi) is 7.75. The summed E-state index contributed by atoms with van der Waals surface area (Å²) >= 11 is 0. The van der Waals surface area contributed by atoms with Gasteiger partial charge in [-0.3, -0.25) is 33.6 Å². The van der Waals surface area contributed by atoms with Crippen LogP contribution < -0.4 is 10.6 Å². The molecule has 0 fully saturated rings. The van der Waals surface area contributed by atoms with Gasteiger partial charge in [0, 0.05) is 46.5 Å². The van der Waals surface area contributed by atoms with Gasteiger partial charge in [0.2, 0.25) is 11.8 Å². The number of hydrogen-bond donors (Lipinski definition) is 2. The van der Waals surface area contributed by atoms with Crippen LogP contribution in [-0.2, 0) is 9.59 Å². The monoisotopic (exact) mass is 516 g/mol. The van der Waals surface area contributed by atoms with Gasteiger partial charge in [0.25, 0.3) is 0 Å². The van der Waals surface area contributed by atoms with E-state index >= 15 is 0 Å². The fourth-order valence-corrected chi connectivity index (χ4v) is 4.69. The van der Waals surface area contributed by atoms with Crippen molar-refractivity contribution in [2.45, 2.75) is 39.5 Å². The van der Waals surface area contributed by atoms with Crippen molar-refractivity contribution in [3.63, 3.8) is 0 Å². The molecular formula is C29H28N2O7. The highest BCUT2D eigenvalue weighted by Gasteiger charge is 2.45. The first kappa shape index (κ1) is 26.8. The third-order valence-electron chi connectivity index (χ3n) is 6.86. The van der Waals surface area contributed by atoms with E-state index in [9.17, 15) is 33.6 Å². The summed E-state index contributed by atoms with van der Waals surface area (Å²) < 4.78 is 0. The lowest BCUT2D eigenvalue weighted by molar-refractivity contribution is -0.123. The third-order valence-corrected chi connectivity index (χ3v) is 6.86. The first-order chi connectivity index (χ1) is 18.2. The van der Waals surface area contributed by atoms with Crippen molar-refractivity contribution in [1.82, 2.24) is 10.6 Å². The summed E-state index contributed by atoms with van der Waals surface area (Å²) in [6, 6.07) is 8.02. The maximum atomic E-state index is 13.3. The molecular weight excluding hydrogens is 488 g/mol. The van der Waals surface area contributed by atoms with Crippen LogP contribution in [0.3, 0.4) is 0 Å². The number of Topliss-reactive ketones (excluding diaryl/α,β-unsaturated/α-hetero) is 4. The van der Waals surface area contributed by atoms with Crippen molar-refractivity contribution < 1.29 is 33.6 Å². The van der Waals surface area contributed by atoms with Gasteiger partial charge < -0.3 is 10.6 Å². The summed E-state index contributed by atoms with van der Waals surface area (Å²) in [5.74, 6) is -7.36. The van der Waals surface area contributed by atoms with Crippen LogP contribution >= 0.6 is 0 Å². The van der Waals surface area contributed by atoms with Crippen LogP contribution in [-0.4, -0.2) is 53.8 Å². The first-order valence-electron chi connectivity index (χ1n) is 12.8. The number of rotatable bonds is 10. The zero-order valence-electron chi connectivity index (χ0n) is 21.2. The predicted octanol–water partition coefficient (Wildman–Crippen LogP) is 2.74. The van der Waals surface area contributed by atoms with E-state index in [1.54, 1.807) is 0 Å². The number of nitrogens with one attached hydrogen (secondary N) is 2. The van der Waals surface area contributed by atoms with E-state index in [1.165, 1.54) is 36.4 Å². The number of carbonyl (C=O) groups is 7. The van der Waals surface area contributed by atoms with Gasteiger partial charge in [0.05, 0.1) is 0 Å². The Morgan fingerprint density at radius 2 is 0.974 bits per heavy atom. The van der Waals surface area contributed by atoms with E-state index in [2.05, 4.69) is 10.6 Å². The molecule has 0 saturated carbocycles. The lowest BCUT2D eigenvalue weighted by atomic mass is 9.96. The van der Waals surface area contributed by atoms with E-state index in [1.807, 2.05) is 13.8 Å². The summed E-state index contributed by atoms with van der Waals surface area (Å²) in [6.07, 6.45) is 3.11. The number of unbranched alkanes of at least 4 members (excludes halogenated alkanes) is 2. The lowest BCUT2D eigenvalue weighted by Gasteiger charge is -2.08. The van der Waals surface area contributed by atoms with Crippen LogP contribution in [0.1, 0.15) is 96.9 Å². The van der Waals surface area contributed by atoms with E-state index in [0.717, 1.165) is 12.8 Å². The van der Waals surface area contributed by atoms with E-state index in [0.29, 0.717) is 25.9 Å². The summed E-state index contributed by atoms with van der Waals surface area (Å²) in [5.41, 5.74) is 0.313. The van der Waals surface area contributed by atoms with Crippen molar-refractivity contribution in [1.29, 1.82) is 0 Å². The molecule has 2 aliphatic carbocycles. The second kappa shape index (κ2) is 11.0. The molecule has 4 rings (SSSR count). The maximum Gasteiger partial charge on any atom is 0.238 e. The Bertz CT molecular complexity index is 1290. The van der Waals surface area contributed by atoms with Gasteiger partial charge in [-0.05, 0) is 37.1 Å². The number of ketones is 5. The smallest absolute Gasteiger partial charge is 0.238 e. The average Bonchev–Trinajstić information content (AvgIpc) is 3.31. The molecule has 2 atom stereocenters. The minimum atomic E-state index is -1.48. The fourth-order valence-electron chi connectivity index (χ4n) is 4.69. The van der Waals surface area contributed by atoms with Gasteiger partial charge in [-0.25, -0.2) is 0 Å². The largest absolute Gasteiger partial charge is 0.355 e. The number of carbonyl (C=O) groups excluding carboxylic acids is 7. The van der Waals surface area contributed by atoms with Crippen molar-refractivity contribution in [3.8, 4) is 0 Å². The fraction of sp³-hybridized carbons (Fsp3) is 0.345. The van der Waals surface area contributed by atoms with Crippen molar-refractivity contribution in [2.75, 3.05) is 13.1 Å². The molecule has 196 valence electrons. The van der Waals surface area contributed by atoms with Gasteiger partial charge in [-0.2, -0.15) is 0 Å². The maximum absolute atomic E-state index is 13.3. The summed E-state index contributed by atoms with van der Waals surface area (Å²) in [4.78, 5) is 89.4. The molecule has 9 heteroatoms. The van der Waals surface area contributed by atoms with Gasteiger partial charge in [0.15, 0.2) is 40.8 Å². The Balaban J connectivity index is 1.56. The van der Waals surface area contributed by atoms with Crippen LogP contribution in [0.25, 0.3) is 0 Å². The second-order valence-electron chi connectivity index (χ2n) is 9.46. The molecule has 2 unspecified atom stereocenters. The van der Waals surface area contributed by atoms with Crippen LogP contribution in [0.2, 0.25) is 0 Å². The Morgan fingerprint density at radius 1 is 0.605 bits per heavy atom. The first-order valence-corrected chi connectivity index (χ1v) is 12.8. The molecule has 2 aromatic carbocycles. The molecule has 2 aromatic rings. The van der Waals surface area contributed by atoms with Crippen molar-refractivity contribution in [3.05, 3.63) is 69.8 Å². The Labute approximate surface area is 219 Å². The number of amides is 2. The number of benzene rings is 2. The zero-order valence-corrected chi connectivity index (χ0v) is 21.2. The highest BCUT2D eigenvalue weighted by Crippen LogP contribution is 2.31. The summed E-state index contributed by atoms with van der Waals surface area (Å²) in [6.45, 7) is 4.61. The molecule has 2 N–H and O–H groups in total. The molecule has 0 aromatic heterocycles. The predicted molar refractivity (Wildman–Crippen MR) is 136 cm³/mol. The average molecular weight is 517 g/mol. The van der Waals surface area contributed by atoms with Gasteiger partial charge in [-0.15, -0.1) is 0 Å². The van der Waals surface area contributed by atoms with Gasteiger partial charge in [0.1, 0.15) is 0 Å². The third kappa shape index (κ3) is 4.71. The summed E-state index contributed by atoms with van der Waals surface area (Å²) in [5, 5.41) is 5.21. The molecule has 2 aliphatic rings. The molecule has 0 bridgehead atoms. The van der Waals surface area contributed by atoms with Crippen LogP contribution in [0.5, 0.6) is 0 Å². The van der Waals surface area contributed by atoms with Gasteiger partial charge >= 0.3 is 0 Å². The molecule has 0 saturated heterocycles. The minimum Gasteiger partial charge on any atom is -0.355 e. The lowest BCUT2D eigenvalue weighted by Crippen LogP contribution is -2.37. The molecule has 0 spiro atoms. The second-order valence-corrected chi connectivity index (χ2v) is 9.46. The standard InChI is InChI=1S/C29H28N2O7/c1-3-5-11-30-28(37)21-24(33)17-9-7-15(13-19(17)26(21)35)23(32)16-8-10-18-20(14-16)27(36)22(25(18)34)29(38)31-12-6-4-2/h7-10,13-14,21-22H,3-6,11-12H2,1-2H3,(H,30,37)(H,31,38). The van der Waals surface area contributed by atoms with E-state index in [-0.39, 0.29) is 33.4 Å². The Hall–Kier alpha value is -4.27. The van der Waals surface area contributed by atoms with Crippen LogP contribution in [0.4, 0.5) is 0 Å². The van der Waals surface area contributed by atoms with E-state index < -0.39 is 52.6 Å². The number of hydrogen-bond acceptors (Lipinski definition) is 7. The Morgan fingerprint density at radius 3 is 1.34 bits per heavy atom.